The Balaban J connectivity index is 1.33. The Hall–Kier alpha value is -2.32. The van der Waals surface area contributed by atoms with Gasteiger partial charge in [0.15, 0.2) is 0 Å². The van der Waals surface area contributed by atoms with Gasteiger partial charge in [-0.3, -0.25) is 0 Å². The van der Waals surface area contributed by atoms with Gasteiger partial charge >= 0.3 is 0 Å². The van der Waals surface area contributed by atoms with Crippen molar-refractivity contribution in [1.29, 1.82) is 0 Å². The maximum absolute atomic E-state index is 5.81. The molecule has 0 spiro atoms. The van der Waals surface area contributed by atoms with Crippen molar-refractivity contribution in [2.75, 3.05) is 4.90 Å². The van der Waals surface area contributed by atoms with E-state index in [9.17, 15) is 0 Å². The Morgan fingerprint density at radius 3 is 2.72 bits per heavy atom. The summed E-state index contributed by atoms with van der Waals surface area (Å²) in [6.45, 7) is 6.20. The van der Waals surface area contributed by atoms with Crippen molar-refractivity contribution >= 4 is 17.3 Å². The van der Waals surface area contributed by atoms with E-state index in [4.69, 9.17) is 9.15 Å². The summed E-state index contributed by atoms with van der Waals surface area (Å²) in [5, 5.41) is 3.05. The van der Waals surface area contributed by atoms with Crippen LogP contribution < -0.4 is 4.90 Å². The molecule has 0 unspecified atom stereocenters. The maximum atomic E-state index is 5.81. The normalized spacial score (nSPS) is 13.4. The van der Waals surface area contributed by atoms with Crippen LogP contribution in [0.1, 0.15) is 40.5 Å². The number of oxazole rings is 1. The molecule has 25 heavy (non-hydrogen) atoms. The van der Waals surface area contributed by atoms with Gasteiger partial charge in [0.2, 0.25) is 11.8 Å². The van der Waals surface area contributed by atoms with Crippen LogP contribution in [0.25, 0.3) is 0 Å². The topological polar surface area (TPSA) is 77.2 Å². The first-order valence-corrected chi connectivity index (χ1v) is 9.11. The quantitative estimate of drug-likeness (QED) is 0.671. The number of anilines is 1. The monoisotopic (exact) mass is 357 g/mol. The van der Waals surface area contributed by atoms with Crippen molar-refractivity contribution in [1.82, 2.24) is 19.9 Å². The van der Waals surface area contributed by atoms with Gasteiger partial charge in [-0.05, 0) is 18.9 Å². The van der Waals surface area contributed by atoms with Gasteiger partial charge in [0, 0.05) is 17.8 Å². The number of fused-ring (bicyclic) bond motifs is 1. The zero-order valence-corrected chi connectivity index (χ0v) is 15.0. The Morgan fingerprint density at radius 1 is 1.20 bits per heavy atom. The van der Waals surface area contributed by atoms with E-state index in [0.29, 0.717) is 38.1 Å². The zero-order chi connectivity index (χ0) is 17.2. The minimum absolute atomic E-state index is 0.352. The number of aryl methyl sites for hydroxylation is 2. The highest BCUT2D eigenvalue weighted by atomic mass is 32.1. The SMILES string of the molecule is CCc1cnc(N2Cc3nc(COCc4csc(C)n4)oc3C2)nc1. The summed E-state index contributed by atoms with van der Waals surface area (Å²) in [6.07, 6.45) is 4.68. The molecule has 4 rings (SSSR count). The van der Waals surface area contributed by atoms with Crippen molar-refractivity contribution in [3.05, 3.63) is 51.4 Å². The predicted molar refractivity (Wildman–Crippen MR) is 93.1 cm³/mol. The average molecular weight is 357 g/mol. The third-order valence-corrected chi connectivity index (χ3v) is 4.84. The first-order chi connectivity index (χ1) is 12.2. The number of ether oxygens (including phenoxy) is 1. The lowest BCUT2D eigenvalue weighted by Crippen LogP contribution is -2.18. The molecule has 0 saturated carbocycles. The molecule has 0 amide bonds. The summed E-state index contributed by atoms with van der Waals surface area (Å²) in [4.78, 5) is 19.8. The predicted octanol–water partition coefficient (Wildman–Crippen LogP) is 3.03. The van der Waals surface area contributed by atoms with E-state index in [1.54, 1.807) is 11.3 Å². The summed E-state index contributed by atoms with van der Waals surface area (Å²) >= 11 is 1.62. The van der Waals surface area contributed by atoms with Crippen molar-refractivity contribution in [2.24, 2.45) is 0 Å². The van der Waals surface area contributed by atoms with Gasteiger partial charge in [-0.1, -0.05) is 6.92 Å². The molecule has 0 aliphatic carbocycles. The van der Waals surface area contributed by atoms with Gasteiger partial charge in [0.05, 0.1) is 30.4 Å². The van der Waals surface area contributed by atoms with Crippen LogP contribution in [0.3, 0.4) is 0 Å². The maximum Gasteiger partial charge on any atom is 0.226 e. The van der Waals surface area contributed by atoms with Gasteiger partial charge in [0.1, 0.15) is 18.1 Å². The zero-order valence-electron chi connectivity index (χ0n) is 14.2. The fourth-order valence-electron chi connectivity index (χ4n) is 2.71. The molecule has 0 radical (unpaired) electrons. The van der Waals surface area contributed by atoms with Crippen molar-refractivity contribution < 1.29 is 9.15 Å². The molecule has 0 aromatic carbocycles. The molecule has 7 nitrogen and oxygen atoms in total. The highest BCUT2D eigenvalue weighted by molar-refractivity contribution is 7.09. The van der Waals surface area contributed by atoms with Crippen LogP contribution in [0.15, 0.2) is 22.2 Å². The van der Waals surface area contributed by atoms with Crippen LogP contribution in [-0.4, -0.2) is 19.9 Å². The molecular weight excluding hydrogens is 338 g/mol. The second-order valence-corrected chi connectivity index (χ2v) is 6.99. The van der Waals surface area contributed by atoms with Gasteiger partial charge in [0.25, 0.3) is 0 Å². The number of nitrogens with zero attached hydrogens (tertiary/aromatic N) is 5. The van der Waals surface area contributed by atoms with Gasteiger partial charge in [-0.2, -0.15) is 0 Å². The van der Waals surface area contributed by atoms with Gasteiger partial charge in [-0.25, -0.2) is 19.9 Å². The lowest BCUT2D eigenvalue weighted by molar-refractivity contribution is 0.0866. The van der Waals surface area contributed by atoms with Crippen LogP contribution in [-0.2, 0) is 37.5 Å². The van der Waals surface area contributed by atoms with Crippen LogP contribution in [0.4, 0.5) is 5.95 Å². The molecule has 8 heteroatoms. The lowest BCUT2D eigenvalue weighted by atomic mass is 10.3. The largest absolute Gasteiger partial charge is 0.441 e. The average Bonchev–Trinajstić information content (AvgIpc) is 3.30. The molecule has 3 aromatic rings. The molecule has 4 heterocycles. The molecule has 0 atom stereocenters. The fourth-order valence-corrected chi connectivity index (χ4v) is 3.31. The van der Waals surface area contributed by atoms with E-state index in [2.05, 4.69) is 31.8 Å². The minimum Gasteiger partial charge on any atom is -0.441 e. The summed E-state index contributed by atoms with van der Waals surface area (Å²) in [5.74, 6) is 2.19. The molecule has 1 aliphatic heterocycles. The molecule has 0 fully saturated rings. The first-order valence-electron chi connectivity index (χ1n) is 8.23. The van der Waals surface area contributed by atoms with Crippen molar-refractivity contribution in [2.45, 2.75) is 46.6 Å². The van der Waals surface area contributed by atoms with E-state index in [1.807, 2.05) is 24.7 Å². The summed E-state index contributed by atoms with van der Waals surface area (Å²) < 4.78 is 11.5. The van der Waals surface area contributed by atoms with Crippen molar-refractivity contribution in [3.8, 4) is 0 Å². The highest BCUT2D eigenvalue weighted by Crippen LogP contribution is 2.26. The summed E-state index contributed by atoms with van der Waals surface area (Å²) in [6, 6.07) is 0. The molecule has 0 N–H and O–H groups in total. The molecule has 0 bridgehead atoms. The first kappa shape index (κ1) is 16.2. The number of hydrogen-bond acceptors (Lipinski definition) is 8. The Morgan fingerprint density at radius 2 is 2.04 bits per heavy atom. The second kappa shape index (κ2) is 6.89. The lowest BCUT2D eigenvalue weighted by Gasteiger charge is -2.14. The minimum atomic E-state index is 0.352. The molecule has 3 aromatic heterocycles. The van der Waals surface area contributed by atoms with Crippen molar-refractivity contribution in [3.63, 3.8) is 0 Å². The van der Waals surface area contributed by atoms with Crippen LogP contribution in [0.2, 0.25) is 0 Å². The number of thiazole rings is 1. The van der Waals surface area contributed by atoms with E-state index < -0.39 is 0 Å². The Bertz CT molecular complexity index is 835. The third kappa shape index (κ3) is 3.54. The van der Waals surface area contributed by atoms with Crippen LogP contribution in [0, 0.1) is 6.92 Å². The van der Waals surface area contributed by atoms with E-state index in [1.165, 1.54) is 0 Å². The molecule has 130 valence electrons. The smallest absolute Gasteiger partial charge is 0.226 e. The van der Waals surface area contributed by atoms with Gasteiger partial charge in [-0.15, -0.1) is 11.3 Å². The number of hydrogen-bond donors (Lipinski definition) is 0. The Labute approximate surface area is 149 Å². The van der Waals surface area contributed by atoms with Gasteiger partial charge < -0.3 is 14.1 Å². The molecule has 1 aliphatic rings. The van der Waals surface area contributed by atoms with E-state index in [0.717, 1.165) is 34.1 Å². The fraction of sp³-hybridized carbons (Fsp3) is 0.412. The standard InChI is InChI=1S/C17H19N5O2S/c1-3-12-4-18-17(19-5-12)22-6-14-15(7-22)24-16(21-14)9-23-8-13-10-25-11(2)20-13/h4-5,10H,3,6-9H2,1-2H3. The van der Waals surface area contributed by atoms with Crippen LogP contribution >= 0.6 is 11.3 Å². The second-order valence-electron chi connectivity index (χ2n) is 5.93. The summed E-state index contributed by atoms with van der Waals surface area (Å²) in [5.41, 5.74) is 3.01. The van der Waals surface area contributed by atoms with E-state index in [-0.39, 0.29) is 0 Å². The van der Waals surface area contributed by atoms with Crippen LogP contribution in [0.5, 0.6) is 0 Å². The number of rotatable bonds is 6. The Kier molecular flexibility index (Phi) is 4.46. The summed E-state index contributed by atoms with van der Waals surface area (Å²) in [7, 11) is 0. The highest BCUT2D eigenvalue weighted by Gasteiger charge is 2.27. The van der Waals surface area contributed by atoms with E-state index >= 15 is 0 Å². The number of aromatic nitrogens is 4. The molecular formula is C17H19N5O2S. The molecule has 0 saturated heterocycles. The third-order valence-electron chi connectivity index (χ3n) is 4.02.